The van der Waals surface area contributed by atoms with Crippen molar-refractivity contribution < 1.29 is 32.3 Å². The number of esters is 1. The molecule has 0 radical (unpaired) electrons. The highest BCUT2D eigenvalue weighted by molar-refractivity contribution is 8.00. The topological polar surface area (TPSA) is 175 Å². The normalized spacial score (nSPS) is 19.0. The second-order valence-corrected chi connectivity index (χ2v) is 14.2. The third-order valence-corrected chi connectivity index (χ3v) is 11.1. The molecule has 0 saturated carbocycles. The van der Waals surface area contributed by atoms with Crippen molar-refractivity contribution in [2.45, 2.75) is 34.6 Å². The van der Waals surface area contributed by atoms with Gasteiger partial charge in [0.05, 0.1) is 33.7 Å². The molecule has 12 nitrogen and oxygen atoms in total. The number of nitrogens with zero attached hydrogens (tertiary/aromatic N) is 2. The first-order chi connectivity index (χ1) is 22.0. The minimum absolute atomic E-state index is 0.119. The lowest BCUT2D eigenvalue weighted by Gasteiger charge is -2.30. The molecule has 0 bridgehead atoms. The van der Waals surface area contributed by atoms with Crippen LogP contribution in [-0.2, 0) is 35.7 Å². The van der Waals surface area contributed by atoms with Gasteiger partial charge in [0.1, 0.15) is 11.8 Å². The zero-order valence-corrected chi connectivity index (χ0v) is 26.6. The molecule has 3 amide bonds. The number of rotatable bonds is 8. The van der Waals surface area contributed by atoms with Crippen molar-refractivity contribution >= 4 is 68.2 Å². The lowest BCUT2D eigenvalue weighted by atomic mass is 9.83. The molecule has 1 aromatic heterocycles. The Morgan fingerprint density at radius 1 is 0.935 bits per heavy atom. The number of thiazole rings is 1. The van der Waals surface area contributed by atoms with Crippen molar-refractivity contribution in [1.29, 1.82) is 0 Å². The average molecular weight is 679 g/mol. The Morgan fingerprint density at radius 3 is 2.24 bits per heavy atom. The highest BCUT2D eigenvalue weighted by Crippen LogP contribution is 2.53. The van der Waals surface area contributed by atoms with E-state index in [1.54, 1.807) is 6.92 Å². The molecule has 3 N–H and O–H groups in total. The Morgan fingerprint density at radius 2 is 1.61 bits per heavy atom. The number of anilines is 2. The number of thioether (sulfide) groups is 1. The van der Waals surface area contributed by atoms with Crippen LogP contribution >= 0.6 is 23.1 Å². The standard InChI is InChI=1S/C31H26N4O8S3/c1-2-43-30(39)18-8-12-20(13-9-18)35-27(37)24-23(17-6-4-3-5-7-17)26-29(44-25(24)28(35)38)34(31(40)45-26)16-22(36)33-19-10-14-21(15-11-19)46(32,41)42/h3-15,23-25H,2,16H2,1H3,(H,33,36)(H2,32,41,42)/t23-,24-,25+/m0/s1. The van der Waals surface area contributed by atoms with E-state index in [1.807, 2.05) is 30.3 Å². The van der Waals surface area contributed by atoms with E-state index in [1.165, 1.54) is 53.1 Å². The van der Waals surface area contributed by atoms with Crippen LogP contribution in [0.25, 0.3) is 0 Å². The van der Waals surface area contributed by atoms with Crippen molar-refractivity contribution in [1.82, 2.24) is 4.57 Å². The first-order valence-corrected chi connectivity index (χ1v) is 17.2. The fourth-order valence-corrected chi connectivity index (χ4v) is 8.85. The molecule has 1 fully saturated rings. The van der Waals surface area contributed by atoms with Crippen molar-refractivity contribution in [3.05, 3.63) is 105 Å². The summed E-state index contributed by atoms with van der Waals surface area (Å²) in [6, 6.07) is 20.4. The van der Waals surface area contributed by atoms with Gasteiger partial charge in [-0.25, -0.2) is 23.3 Å². The van der Waals surface area contributed by atoms with Gasteiger partial charge in [-0.15, -0.1) is 0 Å². The summed E-state index contributed by atoms with van der Waals surface area (Å²) in [5.41, 5.74) is 1.63. The zero-order chi connectivity index (χ0) is 32.7. The zero-order valence-electron chi connectivity index (χ0n) is 24.1. The van der Waals surface area contributed by atoms with E-state index in [2.05, 4.69) is 5.32 Å². The Bertz CT molecular complexity index is 2020. The van der Waals surface area contributed by atoms with Gasteiger partial charge in [0.15, 0.2) is 0 Å². The Kier molecular flexibility index (Phi) is 8.41. The molecular formula is C31H26N4O8S3. The fourth-order valence-electron chi connectivity index (χ4n) is 5.56. The number of imide groups is 1. The van der Waals surface area contributed by atoms with Crippen LogP contribution in [0.3, 0.4) is 0 Å². The predicted octanol–water partition coefficient (Wildman–Crippen LogP) is 3.17. The molecular weight excluding hydrogens is 653 g/mol. The summed E-state index contributed by atoms with van der Waals surface area (Å²) in [6.45, 7) is 1.52. The van der Waals surface area contributed by atoms with Crippen molar-refractivity contribution in [2.75, 3.05) is 16.8 Å². The third-order valence-electron chi connectivity index (χ3n) is 7.61. The van der Waals surface area contributed by atoms with Crippen LogP contribution in [0.2, 0.25) is 0 Å². The molecule has 2 aliphatic heterocycles. The first kappa shape index (κ1) is 31.4. The van der Waals surface area contributed by atoms with Gasteiger partial charge >= 0.3 is 10.8 Å². The molecule has 3 heterocycles. The van der Waals surface area contributed by atoms with E-state index < -0.39 is 55.7 Å². The predicted molar refractivity (Wildman–Crippen MR) is 171 cm³/mol. The Hall–Kier alpha value is -4.57. The molecule has 6 rings (SSSR count). The van der Waals surface area contributed by atoms with Gasteiger partial charge in [-0.2, -0.15) is 0 Å². The maximum absolute atomic E-state index is 14.0. The Labute approximate surface area is 271 Å². The molecule has 1 saturated heterocycles. The highest BCUT2D eigenvalue weighted by Gasteiger charge is 2.56. The van der Waals surface area contributed by atoms with Gasteiger partial charge in [0.25, 0.3) is 0 Å². The first-order valence-electron chi connectivity index (χ1n) is 14.0. The Balaban J connectivity index is 1.32. The monoisotopic (exact) mass is 678 g/mol. The van der Waals surface area contributed by atoms with Gasteiger partial charge in [-0.05, 0) is 61.0 Å². The van der Waals surface area contributed by atoms with Gasteiger partial charge in [0.2, 0.25) is 27.7 Å². The number of aromatic nitrogens is 1. The molecule has 3 aromatic carbocycles. The maximum atomic E-state index is 14.0. The lowest BCUT2D eigenvalue weighted by Crippen LogP contribution is -2.33. The third kappa shape index (κ3) is 5.77. The van der Waals surface area contributed by atoms with Crippen molar-refractivity contribution in [3.8, 4) is 0 Å². The van der Waals surface area contributed by atoms with E-state index >= 15 is 0 Å². The van der Waals surface area contributed by atoms with Gasteiger partial charge < -0.3 is 10.1 Å². The number of benzene rings is 3. The summed E-state index contributed by atoms with van der Waals surface area (Å²) < 4.78 is 29.4. The average Bonchev–Trinajstić information content (AvgIpc) is 3.47. The number of carbonyl (C=O) groups is 4. The number of nitrogens with two attached hydrogens (primary N) is 1. The number of amides is 3. The number of nitrogens with one attached hydrogen (secondary N) is 1. The smallest absolute Gasteiger partial charge is 0.338 e. The molecule has 4 aromatic rings. The number of hydrogen-bond donors (Lipinski definition) is 2. The van der Waals surface area contributed by atoms with Crippen LogP contribution in [0, 0.1) is 5.92 Å². The number of ether oxygens (including phenoxy) is 1. The number of fused-ring (bicyclic) bond motifs is 2. The van der Waals surface area contributed by atoms with Crippen LogP contribution in [0.1, 0.15) is 33.6 Å². The molecule has 2 aliphatic rings. The van der Waals surface area contributed by atoms with E-state index in [9.17, 15) is 32.4 Å². The number of primary sulfonamides is 1. The van der Waals surface area contributed by atoms with Crippen molar-refractivity contribution in [2.24, 2.45) is 11.1 Å². The number of carbonyl (C=O) groups excluding carboxylic acids is 4. The SMILES string of the molecule is CCOC(=O)c1ccc(N2C(=O)[C@H]3[C@H](c4ccccc4)c4sc(=O)n(CC(=O)Nc5ccc(S(N)(=O)=O)cc5)c4S[C@H]3C2=O)cc1. The van der Waals surface area contributed by atoms with E-state index in [-0.39, 0.29) is 23.6 Å². The van der Waals surface area contributed by atoms with Crippen molar-refractivity contribution in [3.63, 3.8) is 0 Å². The summed E-state index contributed by atoms with van der Waals surface area (Å²) in [5.74, 6) is -3.43. The minimum atomic E-state index is -3.91. The van der Waals surface area contributed by atoms with E-state index in [4.69, 9.17) is 9.88 Å². The van der Waals surface area contributed by atoms with Gasteiger partial charge in [-0.1, -0.05) is 53.4 Å². The molecule has 0 aliphatic carbocycles. The summed E-state index contributed by atoms with van der Waals surface area (Å²) in [6.07, 6.45) is 0. The number of sulfonamides is 1. The summed E-state index contributed by atoms with van der Waals surface area (Å²) >= 11 is 2.00. The summed E-state index contributed by atoms with van der Waals surface area (Å²) in [5, 5.41) is 7.32. The summed E-state index contributed by atoms with van der Waals surface area (Å²) in [7, 11) is -3.91. The second kappa shape index (κ2) is 12.3. The van der Waals surface area contributed by atoms with Gasteiger partial charge in [-0.3, -0.25) is 23.7 Å². The molecule has 46 heavy (non-hydrogen) atoms. The number of hydrogen-bond acceptors (Lipinski definition) is 10. The fraction of sp³-hybridized carbons (Fsp3) is 0.194. The minimum Gasteiger partial charge on any atom is -0.462 e. The van der Waals surface area contributed by atoms with E-state index in [0.717, 1.165) is 33.6 Å². The van der Waals surface area contributed by atoms with Crippen LogP contribution in [0.15, 0.2) is 93.6 Å². The molecule has 0 unspecified atom stereocenters. The van der Waals surface area contributed by atoms with Crippen LogP contribution in [-0.4, -0.2) is 48.5 Å². The molecule has 236 valence electrons. The molecule has 0 spiro atoms. The van der Waals surface area contributed by atoms with Crippen LogP contribution in [0.4, 0.5) is 11.4 Å². The molecule has 3 atom stereocenters. The second-order valence-electron chi connectivity index (χ2n) is 10.5. The lowest BCUT2D eigenvalue weighted by molar-refractivity contribution is -0.122. The largest absolute Gasteiger partial charge is 0.462 e. The quantitative estimate of drug-likeness (QED) is 0.210. The molecule has 15 heteroatoms. The van der Waals surface area contributed by atoms with Gasteiger partial charge in [0, 0.05) is 16.5 Å². The van der Waals surface area contributed by atoms with E-state index in [0.29, 0.717) is 21.3 Å². The van der Waals surface area contributed by atoms with Crippen LogP contribution < -0.4 is 20.2 Å². The maximum Gasteiger partial charge on any atom is 0.338 e. The highest BCUT2D eigenvalue weighted by atomic mass is 32.2. The summed E-state index contributed by atoms with van der Waals surface area (Å²) in [4.78, 5) is 67.6. The van der Waals surface area contributed by atoms with Crippen LogP contribution in [0.5, 0.6) is 0 Å².